The lowest BCUT2D eigenvalue weighted by Gasteiger charge is -2.28. The minimum Gasteiger partial charge on any atom is -0.381 e. The van der Waals surface area contributed by atoms with E-state index in [0.717, 1.165) is 31.9 Å². The van der Waals surface area contributed by atoms with Crippen LogP contribution in [0.25, 0.3) is 0 Å². The molecule has 1 aromatic heterocycles. The molecule has 0 aromatic carbocycles. The zero-order valence-corrected chi connectivity index (χ0v) is 12.1. The molecule has 17 heavy (non-hydrogen) atoms. The van der Waals surface area contributed by atoms with Gasteiger partial charge in [-0.1, -0.05) is 11.6 Å². The highest BCUT2D eigenvalue weighted by Crippen LogP contribution is 2.24. The fourth-order valence-electron chi connectivity index (χ4n) is 2.06. The van der Waals surface area contributed by atoms with Gasteiger partial charge in [0.2, 0.25) is 0 Å². The Morgan fingerprint density at radius 1 is 1.47 bits per heavy atom. The third-order valence-electron chi connectivity index (χ3n) is 3.15. The summed E-state index contributed by atoms with van der Waals surface area (Å²) < 4.78 is 6.05. The normalized spacial score (nSPS) is 19.0. The van der Waals surface area contributed by atoms with E-state index in [2.05, 4.69) is 33.2 Å². The number of rotatable bonds is 3. The summed E-state index contributed by atoms with van der Waals surface area (Å²) in [7, 11) is 0. The average Bonchev–Trinajstić information content (AvgIpc) is 2.35. The van der Waals surface area contributed by atoms with Gasteiger partial charge in [-0.05, 0) is 53.7 Å². The van der Waals surface area contributed by atoms with Crippen molar-refractivity contribution in [2.75, 3.05) is 18.5 Å². The molecule has 1 aliphatic heterocycles. The minimum absolute atomic E-state index is 0.402. The molecule has 0 bridgehead atoms. The summed E-state index contributed by atoms with van der Waals surface area (Å²) in [5.41, 5.74) is 0. The zero-order valence-electron chi connectivity index (χ0n) is 9.75. The summed E-state index contributed by atoms with van der Waals surface area (Å²) in [6, 6.07) is 4.15. The summed E-state index contributed by atoms with van der Waals surface area (Å²) >= 11 is 9.24. The highest BCUT2D eigenvalue weighted by atomic mass is 79.9. The Labute approximate surface area is 115 Å². The molecule has 1 saturated heterocycles. The molecule has 94 valence electrons. The van der Waals surface area contributed by atoms with Gasteiger partial charge in [0, 0.05) is 19.3 Å². The van der Waals surface area contributed by atoms with Crippen molar-refractivity contribution in [1.29, 1.82) is 0 Å². The Balaban J connectivity index is 1.96. The van der Waals surface area contributed by atoms with Gasteiger partial charge in [0.15, 0.2) is 0 Å². The maximum absolute atomic E-state index is 5.91. The van der Waals surface area contributed by atoms with Crippen LogP contribution in [0, 0.1) is 5.92 Å². The van der Waals surface area contributed by atoms with E-state index in [-0.39, 0.29) is 0 Å². The SMILES string of the molecule is C[C@H](Nc1ccc(Cl)c(Br)n1)C1CCOCC1. The quantitative estimate of drug-likeness (QED) is 0.862. The first-order valence-electron chi connectivity index (χ1n) is 5.83. The van der Waals surface area contributed by atoms with Crippen molar-refractivity contribution in [3.63, 3.8) is 0 Å². The maximum atomic E-state index is 5.91. The fraction of sp³-hybridized carbons (Fsp3) is 0.583. The smallest absolute Gasteiger partial charge is 0.127 e. The molecule has 2 heterocycles. The second-order valence-corrected chi connectivity index (χ2v) is 5.51. The Morgan fingerprint density at radius 3 is 2.82 bits per heavy atom. The van der Waals surface area contributed by atoms with E-state index in [4.69, 9.17) is 16.3 Å². The minimum atomic E-state index is 0.402. The van der Waals surface area contributed by atoms with Crippen LogP contribution in [-0.2, 0) is 4.74 Å². The van der Waals surface area contributed by atoms with Crippen molar-refractivity contribution >= 4 is 33.3 Å². The van der Waals surface area contributed by atoms with Crippen LogP contribution in [0.2, 0.25) is 5.02 Å². The second kappa shape index (κ2) is 6.03. The van der Waals surface area contributed by atoms with Gasteiger partial charge in [0.05, 0.1) is 5.02 Å². The van der Waals surface area contributed by atoms with Crippen molar-refractivity contribution in [3.8, 4) is 0 Å². The van der Waals surface area contributed by atoms with Crippen LogP contribution in [0.4, 0.5) is 5.82 Å². The van der Waals surface area contributed by atoms with Crippen molar-refractivity contribution in [2.24, 2.45) is 5.92 Å². The largest absolute Gasteiger partial charge is 0.381 e. The van der Waals surface area contributed by atoms with Gasteiger partial charge >= 0.3 is 0 Å². The Bertz CT molecular complexity index is 383. The van der Waals surface area contributed by atoms with Crippen molar-refractivity contribution < 1.29 is 4.74 Å². The molecular weight excluding hydrogens is 304 g/mol. The van der Waals surface area contributed by atoms with Gasteiger partial charge in [-0.3, -0.25) is 0 Å². The zero-order chi connectivity index (χ0) is 12.3. The van der Waals surface area contributed by atoms with Crippen LogP contribution >= 0.6 is 27.5 Å². The van der Waals surface area contributed by atoms with Crippen LogP contribution in [0.3, 0.4) is 0 Å². The number of nitrogens with zero attached hydrogens (tertiary/aromatic N) is 1. The van der Waals surface area contributed by atoms with Gasteiger partial charge in [0.25, 0.3) is 0 Å². The van der Waals surface area contributed by atoms with Gasteiger partial charge in [-0.2, -0.15) is 0 Å². The highest BCUT2D eigenvalue weighted by Gasteiger charge is 2.20. The molecular formula is C12H16BrClN2O. The highest BCUT2D eigenvalue weighted by molar-refractivity contribution is 9.10. The Kier molecular flexibility index (Phi) is 4.65. The number of ether oxygens (including phenoxy) is 1. The van der Waals surface area contributed by atoms with Crippen molar-refractivity contribution in [3.05, 3.63) is 21.8 Å². The van der Waals surface area contributed by atoms with E-state index in [1.54, 1.807) is 0 Å². The van der Waals surface area contributed by atoms with Crippen LogP contribution in [0.15, 0.2) is 16.7 Å². The standard InChI is InChI=1S/C12H16BrClN2O/c1-8(9-4-6-17-7-5-9)15-11-3-2-10(14)12(13)16-11/h2-3,8-9H,4-7H2,1H3,(H,15,16)/t8-/m0/s1. The molecule has 0 spiro atoms. The fourth-order valence-corrected chi connectivity index (χ4v) is 2.49. The summed E-state index contributed by atoms with van der Waals surface area (Å²) in [4.78, 5) is 4.35. The maximum Gasteiger partial charge on any atom is 0.127 e. The number of hydrogen-bond donors (Lipinski definition) is 1. The monoisotopic (exact) mass is 318 g/mol. The van der Waals surface area contributed by atoms with Gasteiger partial charge < -0.3 is 10.1 Å². The summed E-state index contributed by atoms with van der Waals surface area (Å²) in [5, 5.41) is 4.06. The molecule has 0 amide bonds. The molecule has 0 radical (unpaired) electrons. The van der Waals surface area contributed by atoms with E-state index in [0.29, 0.717) is 21.6 Å². The van der Waals surface area contributed by atoms with Gasteiger partial charge in [0.1, 0.15) is 10.4 Å². The Morgan fingerprint density at radius 2 is 2.18 bits per heavy atom. The molecule has 0 aliphatic carbocycles. The van der Waals surface area contributed by atoms with E-state index in [1.807, 2.05) is 12.1 Å². The van der Waals surface area contributed by atoms with Crippen LogP contribution in [0.5, 0.6) is 0 Å². The second-order valence-electron chi connectivity index (χ2n) is 4.35. The summed E-state index contributed by atoms with van der Waals surface area (Å²) in [6.45, 7) is 3.93. The third kappa shape index (κ3) is 3.57. The molecule has 1 atom stereocenters. The molecule has 3 nitrogen and oxygen atoms in total. The summed E-state index contributed by atoms with van der Waals surface area (Å²) in [5.74, 6) is 1.51. The first-order chi connectivity index (χ1) is 8.16. The number of pyridine rings is 1. The van der Waals surface area contributed by atoms with Gasteiger partial charge in [-0.25, -0.2) is 4.98 Å². The predicted octanol–water partition coefficient (Wildman–Crippen LogP) is 3.72. The molecule has 0 saturated carbocycles. The van der Waals surface area contributed by atoms with E-state index in [1.165, 1.54) is 0 Å². The number of anilines is 1. The molecule has 1 fully saturated rings. The lowest BCUT2D eigenvalue weighted by atomic mass is 9.93. The Hall–Kier alpha value is -0.320. The average molecular weight is 320 g/mol. The number of halogens is 2. The van der Waals surface area contributed by atoms with E-state index >= 15 is 0 Å². The first-order valence-corrected chi connectivity index (χ1v) is 7.00. The lowest BCUT2D eigenvalue weighted by Crippen LogP contribution is -2.31. The molecule has 1 N–H and O–H groups in total. The number of aromatic nitrogens is 1. The molecule has 1 aliphatic rings. The van der Waals surface area contributed by atoms with Crippen LogP contribution in [-0.4, -0.2) is 24.2 Å². The van der Waals surface area contributed by atoms with E-state index < -0.39 is 0 Å². The molecule has 0 unspecified atom stereocenters. The molecule has 2 rings (SSSR count). The van der Waals surface area contributed by atoms with Crippen molar-refractivity contribution in [2.45, 2.75) is 25.8 Å². The first kappa shape index (κ1) is 13.1. The topological polar surface area (TPSA) is 34.2 Å². The lowest BCUT2D eigenvalue weighted by molar-refractivity contribution is 0.0622. The molecule has 1 aromatic rings. The van der Waals surface area contributed by atoms with Crippen molar-refractivity contribution in [1.82, 2.24) is 4.98 Å². The number of nitrogens with one attached hydrogen (secondary N) is 1. The third-order valence-corrected chi connectivity index (χ3v) is 4.29. The molecule has 5 heteroatoms. The predicted molar refractivity (Wildman–Crippen MR) is 73.6 cm³/mol. The van der Waals surface area contributed by atoms with E-state index in [9.17, 15) is 0 Å². The van der Waals surface area contributed by atoms with Crippen LogP contribution in [0.1, 0.15) is 19.8 Å². The van der Waals surface area contributed by atoms with Gasteiger partial charge in [-0.15, -0.1) is 0 Å². The summed E-state index contributed by atoms with van der Waals surface area (Å²) in [6.07, 6.45) is 2.23. The van der Waals surface area contributed by atoms with Crippen LogP contribution < -0.4 is 5.32 Å². The number of hydrogen-bond acceptors (Lipinski definition) is 3.